The second kappa shape index (κ2) is 6.92. The summed E-state index contributed by atoms with van der Waals surface area (Å²) in [4.78, 5) is 13.7. The molecule has 1 heterocycles. The number of rotatable bonds is 3. The molecule has 0 spiro atoms. The van der Waals surface area contributed by atoms with Crippen molar-refractivity contribution in [2.24, 2.45) is 0 Å². The lowest BCUT2D eigenvalue weighted by molar-refractivity contribution is -0.128. The van der Waals surface area contributed by atoms with Gasteiger partial charge in [-0.3, -0.25) is 4.79 Å². The maximum absolute atomic E-state index is 11.8. The smallest absolute Gasteiger partial charge is 0.241 e. The molecule has 0 aromatic heterocycles. The van der Waals surface area contributed by atoms with Crippen LogP contribution in [0.5, 0.6) is 0 Å². The number of amides is 1. The van der Waals surface area contributed by atoms with E-state index in [1.165, 1.54) is 32.1 Å². The molecule has 0 radical (unpaired) electrons. The van der Waals surface area contributed by atoms with Crippen LogP contribution < -0.4 is 10.6 Å². The predicted octanol–water partition coefficient (Wildman–Crippen LogP) is 1.41. The quantitative estimate of drug-likeness (QED) is 0.760. The Bertz CT molecular complexity index is 297. The Morgan fingerprint density at radius 1 is 1.11 bits per heavy atom. The highest BCUT2D eigenvalue weighted by molar-refractivity contribution is 7.80. The van der Waals surface area contributed by atoms with Gasteiger partial charge in [0.1, 0.15) is 0 Å². The summed E-state index contributed by atoms with van der Waals surface area (Å²) in [6.07, 6.45) is 8.57. The van der Waals surface area contributed by atoms with Gasteiger partial charge in [0.15, 0.2) is 5.11 Å². The largest absolute Gasteiger partial charge is 0.360 e. The molecule has 1 saturated carbocycles. The van der Waals surface area contributed by atoms with E-state index in [2.05, 4.69) is 10.6 Å². The van der Waals surface area contributed by atoms with Gasteiger partial charge in [0.2, 0.25) is 5.91 Å². The Morgan fingerprint density at radius 2 is 1.78 bits per heavy atom. The third-order valence-electron chi connectivity index (χ3n) is 3.80. The van der Waals surface area contributed by atoms with Crippen LogP contribution in [0.25, 0.3) is 0 Å². The number of likely N-dealkylation sites (tertiary alicyclic amines) is 1. The number of carbonyl (C=O) groups excluding carboxylic acids is 1. The highest BCUT2D eigenvalue weighted by atomic mass is 32.1. The number of hydrogen-bond acceptors (Lipinski definition) is 2. The van der Waals surface area contributed by atoms with Gasteiger partial charge < -0.3 is 15.5 Å². The van der Waals surface area contributed by atoms with Crippen molar-refractivity contribution in [3.8, 4) is 0 Å². The molecule has 2 aliphatic rings. The van der Waals surface area contributed by atoms with E-state index in [4.69, 9.17) is 12.2 Å². The third kappa shape index (κ3) is 4.12. The van der Waals surface area contributed by atoms with Crippen molar-refractivity contribution in [2.75, 3.05) is 19.6 Å². The van der Waals surface area contributed by atoms with Gasteiger partial charge >= 0.3 is 0 Å². The molecule has 2 N–H and O–H groups in total. The van der Waals surface area contributed by atoms with Crippen molar-refractivity contribution < 1.29 is 4.79 Å². The molecular weight excluding hydrogens is 246 g/mol. The van der Waals surface area contributed by atoms with Crippen molar-refractivity contribution in [3.63, 3.8) is 0 Å². The van der Waals surface area contributed by atoms with Gasteiger partial charge in [-0.1, -0.05) is 19.3 Å². The molecule has 0 unspecified atom stereocenters. The lowest BCUT2D eigenvalue weighted by Crippen LogP contribution is -2.46. The Kier molecular flexibility index (Phi) is 5.23. The number of nitrogens with one attached hydrogen (secondary N) is 2. The fourth-order valence-corrected chi connectivity index (χ4v) is 2.96. The lowest BCUT2D eigenvalue weighted by atomic mass is 9.96. The van der Waals surface area contributed by atoms with Crippen molar-refractivity contribution in [1.82, 2.24) is 15.5 Å². The summed E-state index contributed by atoms with van der Waals surface area (Å²) in [7, 11) is 0. The summed E-state index contributed by atoms with van der Waals surface area (Å²) >= 11 is 5.23. The molecule has 4 nitrogen and oxygen atoms in total. The first-order valence-corrected chi connectivity index (χ1v) is 7.48. The topological polar surface area (TPSA) is 44.4 Å². The van der Waals surface area contributed by atoms with E-state index < -0.39 is 0 Å². The average Bonchev–Trinajstić information content (AvgIpc) is 2.91. The van der Waals surface area contributed by atoms with Gasteiger partial charge in [0.25, 0.3) is 0 Å². The van der Waals surface area contributed by atoms with Crippen LogP contribution in [-0.4, -0.2) is 41.6 Å². The van der Waals surface area contributed by atoms with Crippen LogP contribution in [0.1, 0.15) is 44.9 Å². The molecule has 1 aliphatic heterocycles. The van der Waals surface area contributed by atoms with Crippen LogP contribution in [-0.2, 0) is 4.79 Å². The Balaban J connectivity index is 1.63. The highest BCUT2D eigenvalue weighted by Crippen LogP contribution is 2.17. The highest BCUT2D eigenvalue weighted by Gasteiger charge is 2.18. The Labute approximate surface area is 114 Å². The molecule has 0 atom stereocenters. The van der Waals surface area contributed by atoms with E-state index >= 15 is 0 Å². The minimum atomic E-state index is 0.167. The molecule has 18 heavy (non-hydrogen) atoms. The van der Waals surface area contributed by atoms with E-state index in [0.29, 0.717) is 17.7 Å². The first kappa shape index (κ1) is 13.6. The average molecular weight is 269 g/mol. The zero-order valence-corrected chi connectivity index (χ0v) is 11.7. The minimum absolute atomic E-state index is 0.167. The molecule has 0 aromatic carbocycles. The fraction of sp³-hybridized carbons (Fsp3) is 0.846. The summed E-state index contributed by atoms with van der Waals surface area (Å²) in [5.74, 6) is 0.167. The monoisotopic (exact) mass is 269 g/mol. The first-order valence-electron chi connectivity index (χ1n) is 7.08. The predicted molar refractivity (Wildman–Crippen MR) is 76.4 cm³/mol. The van der Waals surface area contributed by atoms with Gasteiger partial charge in [0.05, 0.1) is 6.54 Å². The zero-order valence-electron chi connectivity index (χ0n) is 10.9. The van der Waals surface area contributed by atoms with Crippen molar-refractivity contribution in [3.05, 3.63) is 0 Å². The summed E-state index contributed by atoms with van der Waals surface area (Å²) in [6, 6.07) is 0.501. The molecule has 1 aliphatic carbocycles. The number of thiocarbonyl (C=S) groups is 1. The van der Waals surface area contributed by atoms with Gasteiger partial charge in [-0.25, -0.2) is 0 Å². The number of carbonyl (C=O) groups is 1. The SMILES string of the molecule is O=C(CNC(=S)NC1CCCCC1)N1CCCC1. The standard InChI is InChI=1S/C13H23N3OS/c17-12(16-8-4-5-9-16)10-14-13(18)15-11-6-2-1-3-7-11/h11H,1-10H2,(H2,14,15,18). The zero-order chi connectivity index (χ0) is 12.8. The maximum atomic E-state index is 11.8. The molecule has 1 saturated heterocycles. The maximum Gasteiger partial charge on any atom is 0.241 e. The lowest BCUT2D eigenvalue weighted by Gasteiger charge is -2.24. The van der Waals surface area contributed by atoms with Gasteiger partial charge in [-0.15, -0.1) is 0 Å². The normalized spacial score (nSPS) is 20.8. The summed E-state index contributed by atoms with van der Waals surface area (Å²) in [6.45, 7) is 2.14. The van der Waals surface area contributed by atoms with E-state index in [1.54, 1.807) is 0 Å². The molecule has 1 amide bonds. The van der Waals surface area contributed by atoms with Crippen LogP contribution >= 0.6 is 12.2 Å². The first-order chi connectivity index (χ1) is 8.75. The summed E-state index contributed by atoms with van der Waals surface area (Å²) in [5.41, 5.74) is 0. The molecule has 2 fully saturated rings. The second-order valence-electron chi connectivity index (χ2n) is 5.25. The molecule has 0 bridgehead atoms. The van der Waals surface area contributed by atoms with E-state index in [-0.39, 0.29) is 5.91 Å². The van der Waals surface area contributed by atoms with Crippen LogP contribution in [0.3, 0.4) is 0 Å². The van der Waals surface area contributed by atoms with Crippen LogP contribution in [0.2, 0.25) is 0 Å². The third-order valence-corrected chi connectivity index (χ3v) is 4.06. The van der Waals surface area contributed by atoms with Crippen molar-refractivity contribution >= 4 is 23.2 Å². The van der Waals surface area contributed by atoms with E-state index in [9.17, 15) is 4.79 Å². The molecular formula is C13H23N3OS. The number of nitrogens with zero attached hydrogens (tertiary/aromatic N) is 1. The summed E-state index contributed by atoms with van der Waals surface area (Å²) < 4.78 is 0. The van der Waals surface area contributed by atoms with Gasteiger partial charge in [-0.05, 0) is 37.9 Å². The fourth-order valence-electron chi connectivity index (χ4n) is 2.72. The van der Waals surface area contributed by atoms with Crippen LogP contribution in [0.15, 0.2) is 0 Å². The Morgan fingerprint density at radius 3 is 2.44 bits per heavy atom. The number of hydrogen-bond donors (Lipinski definition) is 2. The van der Waals surface area contributed by atoms with E-state index in [1.807, 2.05) is 4.90 Å². The van der Waals surface area contributed by atoms with Gasteiger partial charge in [0, 0.05) is 19.1 Å². The van der Waals surface area contributed by atoms with E-state index in [0.717, 1.165) is 25.9 Å². The van der Waals surface area contributed by atoms with Crippen LogP contribution in [0.4, 0.5) is 0 Å². The summed E-state index contributed by atoms with van der Waals surface area (Å²) in [5, 5.41) is 6.98. The van der Waals surface area contributed by atoms with Gasteiger partial charge in [-0.2, -0.15) is 0 Å². The van der Waals surface area contributed by atoms with Crippen LogP contribution in [0, 0.1) is 0 Å². The second-order valence-corrected chi connectivity index (χ2v) is 5.66. The molecule has 2 rings (SSSR count). The molecule has 5 heteroatoms. The minimum Gasteiger partial charge on any atom is -0.360 e. The molecule has 102 valence electrons. The van der Waals surface area contributed by atoms with Crippen molar-refractivity contribution in [1.29, 1.82) is 0 Å². The Hall–Kier alpha value is -0.840. The molecule has 0 aromatic rings. The van der Waals surface area contributed by atoms with Crippen molar-refractivity contribution in [2.45, 2.75) is 51.0 Å².